The molecular formula is C16H17N3O3. The first kappa shape index (κ1) is 13.5. The number of nitrogen functional groups attached to an aromatic ring is 1. The number of hydrogen-bond donors (Lipinski definition) is 1. The Balaban J connectivity index is 1.77. The van der Waals surface area contributed by atoms with Gasteiger partial charge in [-0.25, -0.2) is 4.98 Å². The largest absolute Gasteiger partial charge is 0.383 e. The van der Waals surface area contributed by atoms with Crippen molar-refractivity contribution in [3.8, 4) is 0 Å². The predicted molar refractivity (Wildman–Crippen MR) is 81.4 cm³/mol. The summed E-state index contributed by atoms with van der Waals surface area (Å²) in [5, 5.41) is 0.959. The summed E-state index contributed by atoms with van der Waals surface area (Å²) in [5.41, 5.74) is 9.46. The highest BCUT2D eigenvalue weighted by molar-refractivity contribution is 5.99. The monoisotopic (exact) mass is 299 g/mol. The van der Waals surface area contributed by atoms with E-state index in [9.17, 15) is 4.79 Å². The number of carbonyl (C=O) groups excluding carboxylic acids is 1. The van der Waals surface area contributed by atoms with Crippen molar-refractivity contribution in [2.75, 3.05) is 32.0 Å². The van der Waals surface area contributed by atoms with Crippen molar-refractivity contribution in [1.82, 2.24) is 9.88 Å². The number of nitrogens with two attached hydrogens (primary N) is 1. The van der Waals surface area contributed by atoms with E-state index in [1.807, 2.05) is 23.1 Å². The number of hydrogen-bond acceptors (Lipinski definition) is 5. The second kappa shape index (κ2) is 5.23. The molecule has 1 saturated heterocycles. The maximum absolute atomic E-state index is 12.6. The van der Waals surface area contributed by atoms with E-state index in [0.29, 0.717) is 50.9 Å². The van der Waals surface area contributed by atoms with Gasteiger partial charge < -0.3 is 20.1 Å². The van der Waals surface area contributed by atoms with Crippen molar-refractivity contribution in [2.45, 2.75) is 13.2 Å². The van der Waals surface area contributed by atoms with Crippen LogP contribution in [0, 0.1) is 0 Å². The number of ether oxygens (including phenoxy) is 2. The molecule has 1 aromatic heterocycles. The van der Waals surface area contributed by atoms with Gasteiger partial charge in [-0.05, 0) is 23.8 Å². The number of morpholine rings is 1. The summed E-state index contributed by atoms with van der Waals surface area (Å²) in [6.45, 7) is 3.48. The molecule has 2 aromatic rings. The molecule has 0 atom stereocenters. The van der Waals surface area contributed by atoms with Crippen LogP contribution in [0.25, 0.3) is 10.9 Å². The van der Waals surface area contributed by atoms with Gasteiger partial charge in [0, 0.05) is 29.6 Å². The maximum atomic E-state index is 12.6. The Labute approximate surface area is 127 Å². The van der Waals surface area contributed by atoms with Crippen molar-refractivity contribution < 1.29 is 14.3 Å². The first-order valence-electron chi connectivity index (χ1n) is 7.40. The van der Waals surface area contributed by atoms with Gasteiger partial charge in [-0.1, -0.05) is 0 Å². The SMILES string of the molecule is Nc1nc2ccc(C(=O)N3CCOCC3)cc2c2c1COC2. The molecule has 2 N–H and O–H groups in total. The van der Waals surface area contributed by atoms with Gasteiger partial charge in [-0.3, -0.25) is 4.79 Å². The number of anilines is 1. The highest BCUT2D eigenvalue weighted by Gasteiger charge is 2.22. The Kier molecular flexibility index (Phi) is 3.20. The minimum absolute atomic E-state index is 0.0368. The minimum Gasteiger partial charge on any atom is -0.383 e. The summed E-state index contributed by atoms with van der Waals surface area (Å²) in [5.74, 6) is 0.557. The Morgan fingerprint density at radius 3 is 2.73 bits per heavy atom. The molecule has 0 radical (unpaired) electrons. The summed E-state index contributed by atoms with van der Waals surface area (Å²) >= 11 is 0. The molecule has 4 rings (SSSR count). The first-order chi connectivity index (χ1) is 10.7. The number of benzene rings is 1. The Morgan fingerprint density at radius 2 is 1.91 bits per heavy atom. The average molecular weight is 299 g/mol. The highest BCUT2D eigenvalue weighted by atomic mass is 16.5. The summed E-state index contributed by atoms with van der Waals surface area (Å²) in [4.78, 5) is 18.8. The van der Waals surface area contributed by atoms with Crippen LogP contribution in [-0.4, -0.2) is 42.1 Å². The second-order valence-electron chi connectivity index (χ2n) is 5.58. The zero-order valence-electron chi connectivity index (χ0n) is 12.2. The van der Waals surface area contributed by atoms with E-state index >= 15 is 0 Å². The van der Waals surface area contributed by atoms with Crippen molar-refractivity contribution in [1.29, 1.82) is 0 Å². The lowest BCUT2D eigenvalue weighted by Crippen LogP contribution is -2.40. The van der Waals surface area contributed by atoms with E-state index < -0.39 is 0 Å². The van der Waals surface area contributed by atoms with E-state index in [1.54, 1.807) is 0 Å². The predicted octanol–water partition coefficient (Wildman–Crippen LogP) is 1.32. The van der Waals surface area contributed by atoms with Crippen molar-refractivity contribution in [3.05, 3.63) is 34.9 Å². The molecule has 0 bridgehead atoms. The van der Waals surface area contributed by atoms with E-state index in [0.717, 1.165) is 22.0 Å². The molecule has 2 aliphatic rings. The number of nitrogens with zero attached hydrogens (tertiary/aromatic N) is 2. The molecule has 0 unspecified atom stereocenters. The van der Waals surface area contributed by atoms with Gasteiger partial charge in [0.05, 0.1) is 31.9 Å². The zero-order chi connectivity index (χ0) is 15.1. The molecule has 0 aliphatic carbocycles. The van der Waals surface area contributed by atoms with Gasteiger partial charge in [-0.2, -0.15) is 0 Å². The molecule has 1 aromatic carbocycles. The van der Waals surface area contributed by atoms with Crippen LogP contribution in [0.4, 0.5) is 5.82 Å². The number of aromatic nitrogens is 1. The molecule has 2 aliphatic heterocycles. The molecule has 6 heteroatoms. The van der Waals surface area contributed by atoms with Gasteiger partial charge in [0.2, 0.25) is 0 Å². The highest BCUT2D eigenvalue weighted by Crippen LogP contribution is 2.31. The third kappa shape index (κ3) is 2.12. The van der Waals surface area contributed by atoms with Gasteiger partial charge in [0.1, 0.15) is 5.82 Å². The average Bonchev–Trinajstić information content (AvgIpc) is 3.05. The summed E-state index contributed by atoms with van der Waals surface area (Å²) < 4.78 is 10.8. The van der Waals surface area contributed by atoms with Crippen LogP contribution >= 0.6 is 0 Å². The van der Waals surface area contributed by atoms with E-state index in [2.05, 4.69) is 4.98 Å². The lowest BCUT2D eigenvalue weighted by atomic mass is 10.0. The summed E-state index contributed by atoms with van der Waals surface area (Å²) in [6, 6.07) is 5.58. The molecule has 0 saturated carbocycles. The number of fused-ring (bicyclic) bond motifs is 3. The van der Waals surface area contributed by atoms with Crippen LogP contribution in [0.2, 0.25) is 0 Å². The molecule has 6 nitrogen and oxygen atoms in total. The quantitative estimate of drug-likeness (QED) is 0.859. The van der Waals surface area contributed by atoms with Crippen molar-refractivity contribution >= 4 is 22.6 Å². The van der Waals surface area contributed by atoms with Crippen LogP contribution in [0.1, 0.15) is 21.5 Å². The fourth-order valence-corrected chi connectivity index (χ4v) is 3.05. The number of rotatable bonds is 1. The van der Waals surface area contributed by atoms with Crippen LogP contribution in [0.5, 0.6) is 0 Å². The fraction of sp³-hybridized carbons (Fsp3) is 0.375. The maximum Gasteiger partial charge on any atom is 0.254 e. The number of pyridine rings is 1. The number of amides is 1. The first-order valence-corrected chi connectivity index (χ1v) is 7.40. The third-order valence-corrected chi connectivity index (χ3v) is 4.27. The van der Waals surface area contributed by atoms with Gasteiger partial charge in [0.15, 0.2) is 0 Å². The standard InChI is InChI=1S/C16H17N3O3/c17-15-13-9-22-8-12(13)11-7-10(1-2-14(11)18-15)16(20)19-3-5-21-6-4-19/h1-2,7H,3-6,8-9H2,(H2,17,18). The lowest BCUT2D eigenvalue weighted by molar-refractivity contribution is 0.0303. The fourth-order valence-electron chi connectivity index (χ4n) is 3.05. The number of carbonyl (C=O) groups is 1. The van der Waals surface area contributed by atoms with Crippen LogP contribution in [-0.2, 0) is 22.7 Å². The van der Waals surface area contributed by atoms with Crippen LogP contribution in [0.3, 0.4) is 0 Å². The normalized spacial score (nSPS) is 17.7. The lowest BCUT2D eigenvalue weighted by Gasteiger charge is -2.27. The van der Waals surface area contributed by atoms with E-state index in [4.69, 9.17) is 15.2 Å². The molecule has 3 heterocycles. The molecule has 1 amide bonds. The van der Waals surface area contributed by atoms with E-state index in [1.165, 1.54) is 0 Å². The molecule has 0 spiro atoms. The minimum atomic E-state index is 0.0368. The van der Waals surface area contributed by atoms with E-state index in [-0.39, 0.29) is 5.91 Å². The third-order valence-electron chi connectivity index (χ3n) is 4.27. The second-order valence-corrected chi connectivity index (χ2v) is 5.58. The summed E-state index contributed by atoms with van der Waals surface area (Å²) in [6.07, 6.45) is 0. The molecule has 22 heavy (non-hydrogen) atoms. The van der Waals surface area contributed by atoms with Crippen LogP contribution in [0.15, 0.2) is 18.2 Å². The van der Waals surface area contributed by atoms with Gasteiger partial charge in [0.25, 0.3) is 5.91 Å². The van der Waals surface area contributed by atoms with Crippen LogP contribution < -0.4 is 5.73 Å². The van der Waals surface area contributed by atoms with Gasteiger partial charge in [-0.15, -0.1) is 0 Å². The Morgan fingerprint density at radius 1 is 1.14 bits per heavy atom. The molecule has 114 valence electrons. The Bertz CT molecular complexity index is 754. The topological polar surface area (TPSA) is 77.7 Å². The van der Waals surface area contributed by atoms with Gasteiger partial charge >= 0.3 is 0 Å². The molecular weight excluding hydrogens is 282 g/mol. The van der Waals surface area contributed by atoms with Crippen molar-refractivity contribution in [3.63, 3.8) is 0 Å². The Hall–Kier alpha value is -2.18. The molecule has 1 fully saturated rings. The summed E-state index contributed by atoms with van der Waals surface area (Å²) in [7, 11) is 0. The zero-order valence-corrected chi connectivity index (χ0v) is 12.2. The van der Waals surface area contributed by atoms with Crippen molar-refractivity contribution in [2.24, 2.45) is 0 Å². The smallest absolute Gasteiger partial charge is 0.254 e.